The Morgan fingerprint density at radius 3 is 2.76 bits per heavy atom. The van der Waals surface area contributed by atoms with Crippen LogP contribution >= 0.6 is 0 Å². The summed E-state index contributed by atoms with van der Waals surface area (Å²) in [6.45, 7) is 2.41. The maximum atomic E-state index is 14.0. The fraction of sp³-hybridized carbons (Fsp3) is 0.389. The number of piperidine rings is 1. The number of benzene rings is 1. The van der Waals surface area contributed by atoms with Crippen LogP contribution in [0.3, 0.4) is 0 Å². The summed E-state index contributed by atoms with van der Waals surface area (Å²) < 4.78 is 14.9. The number of aromatic nitrogens is 2. The lowest BCUT2D eigenvalue weighted by atomic mass is 9.94. The lowest BCUT2D eigenvalue weighted by Gasteiger charge is -2.37. The van der Waals surface area contributed by atoms with Crippen LogP contribution in [0.4, 0.5) is 4.39 Å². The first-order valence-corrected chi connectivity index (χ1v) is 8.28. The Bertz CT molecular complexity index is 836. The molecule has 0 spiro atoms. The van der Waals surface area contributed by atoms with Gasteiger partial charge in [-0.25, -0.2) is 4.39 Å². The van der Waals surface area contributed by atoms with Gasteiger partial charge in [-0.1, -0.05) is 12.1 Å². The third-order valence-corrected chi connectivity index (χ3v) is 4.60. The second-order valence-electron chi connectivity index (χ2n) is 6.35. The highest BCUT2D eigenvalue weighted by Gasteiger charge is 2.30. The minimum atomic E-state index is -0.589. The largest absolute Gasteiger partial charge is 0.396 e. The quantitative estimate of drug-likeness (QED) is 0.917. The predicted molar refractivity (Wildman–Crippen MR) is 90.1 cm³/mol. The Labute approximate surface area is 144 Å². The van der Waals surface area contributed by atoms with Crippen molar-refractivity contribution in [2.24, 2.45) is 5.92 Å². The minimum absolute atomic E-state index is 0.00192. The molecule has 2 unspecified atom stereocenters. The topological polar surface area (TPSA) is 75.4 Å². The average molecular weight is 345 g/mol. The number of halogens is 1. The molecule has 1 N–H and O–H groups in total. The molecule has 25 heavy (non-hydrogen) atoms. The van der Waals surface area contributed by atoms with Crippen molar-refractivity contribution in [2.45, 2.75) is 25.8 Å². The van der Waals surface area contributed by atoms with E-state index in [1.807, 2.05) is 6.92 Å². The lowest BCUT2D eigenvalue weighted by molar-refractivity contribution is 0.0481. The number of rotatable bonds is 3. The first kappa shape index (κ1) is 17.3. The predicted octanol–water partition coefficient (Wildman–Crippen LogP) is 1.60. The van der Waals surface area contributed by atoms with Gasteiger partial charge in [0.25, 0.3) is 11.5 Å². The molecule has 3 rings (SSSR count). The molecule has 0 radical (unpaired) electrons. The number of aliphatic hydroxyl groups is 1. The fourth-order valence-corrected chi connectivity index (χ4v) is 3.08. The second-order valence-corrected chi connectivity index (χ2v) is 6.35. The summed E-state index contributed by atoms with van der Waals surface area (Å²) in [7, 11) is 0. The summed E-state index contributed by atoms with van der Waals surface area (Å²) >= 11 is 0. The minimum Gasteiger partial charge on any atom is -0.396 e. The number of hydrogen-bond donors (Lipinski definition) is 1. The summed E-state index contributed by atoms with van der Waals surface area (Å²) in [5, 5.41) is 13.4. The Hall–Kier alpha value is -2.54. The molecule has 1 saturated heterocycles. The van der Waals surface area contributed by atoms with Crippen LogP contribution in [0.15, 0.2) is 41.2 Å². The van der Waals surface area contributed by atoms with Crippen molar-refractivity contribution in [1.29, 1.82) is 0 Å². The van der Waals surface area contributed by atoms with Gasteiger partial charge in [0.2, 0.25) is 0 Å². The van der Waals surface area contributed by atoms with Crippen molar-refractivity contribution in [2.75, 3.05) is 13.2 Å². The van der Waals surface area contributed by atoms with E-state index in [9.17, 15) is 19.1 Å². The fourth-order valence-electron chi connectivity index (χ4n) is 3.08. The van der Waals surface area contributed by atoms with Gasteiger partial charge in [-0.15, -0.1) is 0 Å². The van der Waals surface area contributed by atoms with Gasteiger partial charge in [-0.05, 0) is 43.9 Å². The monoisotopic (exact) mass is 345 g/mol. The molecule has 1 aliphatic rings. The van der Waals surface area contributed by atoms with Crippen LogP contribution < -0.4 is 5.56 Å². The van der Waals surface area contributed by atoms with Crippen LogP contribution in [0.2, 0.25) is 0 Å². The number of aliphatic hydroxyl groups excluding tert-OH is 1. The Balaban J connectivity index is 1.95. The maximum absolute atomic E-state index is 14.0. The number of para-hydroxylation sites is 1. The molecule has 0 saturated carbocycles. The third-order valence-electron chi connectivity index (χ3n) is 4.60. The molecule has 6 nitrogen and oxygen atoms in total. The summed E-state index contributed by atoms with van der Waals surface area (Å²) in [4.78, 5) is 26.5. The van der Waals surface area contributed by atoms with Gasteiger partial charge < -0.3 is 10.0 Å². The summed E-state index contributed by atoms with van der Waals surface area (Å²) in [5.74, 6) is -0.873. The summed E-state index contributed by atoms with van der Waals surface area (Å²) in [5.41, 5.74) is -0.433. The first-order chi connectivity index (χ1) is 12.0. The molecule has 2 aromatic rings. The summed E-state index contributed by atoms with van der Waals surface area (Å²) in [6, 6.07) is 8.37. The number of carbonyl (C=O) groups excluding carboxylic acids is 1. The highest BCUT2D eigenvalue weighted by molar-refractivity contribution is 5.92. The zero-order valence-electron chi connectivity index (χ0n) is 13.9. The molecule has 1 aliphatic heterocycles. The van der Waals surface area contributed by atoms with Crippen molar-refractivity contribution in [1.82, 2.24) is 14.7 Å². The molecule has 132 valence electrons. The van der Waals surface area contributed by atoms with Crippen LogP contribution in [0.25, 0.3) is 5.69 Å². The van der Waals surface area contributed by atoms with Crippen molar-refractivity contribution in [3.63, 3.8) is 0 Å². The highest BCUT2D eigenvalue weighted by Crippen LogP contribution is 2.23. The molecule has 7 heteroatoms. The third kappa shape index (κ3) is 3.46. The van der Waals surface area contributed by atoms with E-state index in [0.717, 1.165) is 17.5 Å². The molecule has 0 bridgehead atoms. The molecule has 1 aromatic carbocycles. The lowest BCUT2D eigenvalue weighted by Crippen LogP contribution is -2.47. The van der Waals surface area contributed by atoms with Gasteiger partial charge in [0.1, 0.15) is 17.2 Å². The van der Waals surface area contributed by atoms with E-state index in [-0.39, 0.29) is 35.9 Å². The van der Waals surface area contributed by atoms with Crippen molar-refractivity contribution >= 4 is 5.91 Å². The molecule has 1 aromatic heterocycles. The average Bonchev–Trinajstić information content (AvgIpc) is 2.63. The van der Waals surface area contributed by atoms with E-state index in [1.165, 1.54) is 30.3 Å². The molecule has 1 amide bonds. The normalized spacial score (nSPS) is 20.5. The van der Waals surface area contributed by atoms with Crippen LogP contribution in [0.5, 0.6) is 0 Å². The Morgan fingerprint density at radius 1 is 1.28 bits per heavy atom. The number of carbonyl (C=O) groups is 1. The number of nitrogens with zero attached hydrogens (tertiary/aromatic N) is 3. The molecule has 2 heterocycles. The van der Waals surface area contributed by atoms with Crippen LogP contribution in [-0.2, 0) is 0 Å². The van der Waals surface area contributed by atoms with Crippen molar-refractivity contribution in [3.8, 4) is 5.69 Å². The van der Waals surface area contributed by atoms with Crippen LogP contribution in [0, 0.1) is 11.7 Å². The van der Waals surface area contributed by atoms with Gasteiger partial charge in [0.05, 0.1) is 0 Å². The molecule has 0 aliphatic carbocycles. The highest BCUT2D eigenvalue weighted by atomic mass is 19.1. The van der Waals surface area contributed by atoms with Gasteiger partial charge in [-0.3, -0.25) is 9.59 Å². The number of likely N-dealkylation sites (tertiary alicyclic amines) is 1. The second kappa shape index (κ2) is 7.14. The summed E-state index contributed by atoms with van der Waals surface area (Å²) in [6.07, 6.45) is 1.66. The van der Waals surface area contributed by atoms with E-state index < -0.39 is 11.4 Å². The van der Waals surface area contributed by atoms with E-state index in [1.54, 1.807) is 11.0 Å². The molecular formula is C18H20FN3O3. The van der Waals surface area contributed by atoms with E-state index in [2.05, 4.69) is 5.10 Å². The Morgan fingerprint density at radius 2 is 2.04 bits per heavy atom. The smallest absolute Gasteiger partial charge is 0.274 e. The maximum Gasteiger partial charge on any atom is 0.274 e. The zero-order valence-corrected chi connectivity index (χ0v) is 13.9. The Kier molecular flexibility index (Phi) is 4.94. The van der Waals surface area contributed by atoms with Crippen molar-refractivity contribution in [3.05, 3.63) is 58.3 Å². The first-order valence-electron chi connectivity index (χ1n) is 8.28. The zero-order chi connectivity index (χ0) is 18.0. The van der Waals surface area contributed by atoms with Gasteiger partial charge in [0.15, 0.2) is 0 Å². The van der Waals surface area contributed by atoms with Crippen molar-refractivity contribution < 1.29 is 14.3 Å². The standard InChI is InChI=1S/C18H20FN3O3/c1-12-6-7-13(11-23)10-21(12)18(25)15-8-9-17(24)22(20-15)16-5-3-2-4-14(16)19/h2-5,8-9,12-13,23H,6-7,10-11H2,1H3. The van der Waals surface area contributed by atoms with E-state index in [0.29, 0.717) is 6.54 Å². The van der Waals surface area contributed by atoms with Crippen LogP contribution in [0.1, 0.15) is 30.3 Å². The molecule has 1 fully saturated rings. The number of amides is 1. The van der Waals surface area contributed by atoms with Gasteiger partial charge in [-0.2, -0.15) is 9.78 Å². The van der Waals surface area contributed by atoms with Gasteiger partial charge in [0, 0.05) is 25.3 Å². The number of hydrogen-bond acceptors (Lipinski definition) is 4. The molecule has 2 atom stereocenters. The molecular weight excluding hydrogens is 325 g/mol. The van der Waals surface area contributed by atoms with E-state index in [4.69, 9.17) is 0 Å². The van der Waals surface area contributed by atoms with Gasteiger partial charge >= 0.3 is 0 Å². The SMILES string of the molecule is CC1CCC(CO)CN1C(=O)c1ccc(=O)n(-c2ccccc2F)n1. The van der Waals surface area contributed by atoms with Crippen LogP contribution in [-0.4, -0.2) is 44.9 Å². The van der Waals surface area contributed by atoms with E-state index >= 15 is 0 Å².